The SMILES string of the molecule is C[C@@H](Cc1cccs1)C(=O)N[C@H](C(=O)O)c1ccccc1. The quantitative estimate of drug-likeness (QED) is 0.862. The zero-order chi connectivity index (χ0) is 15.2. The summed E-state index contributed by atoms with van der Waals surface area (Å²) in [6.07, 6.45) is 0.616. The lowest BCUT2D eigenvalue weighted by Crippen LogP contribution is -2.37. The van der Waals surface area contributed by atoms with Crippen molar-refractivity contribution in [2.75, 3.05) is 0 Å². The van der Waals surface area contributed by atoms with Gasteiger partial charge in [-0.25, -0.2) is 4.79 Å². The molecule has 21 heavy (non-hydrogen) atoms. The molecule has 1 amide bonds. The van der Waals surface area contributed by atoms with E-state index in [0.29, 0.717) is 12.0 Å². The first-order valence-electron chi connectivity index (χ1n) is 6.68. The number of thiophene rings is 1. The average Bonchev–Trinajstić information content (AvgIpc) is 2.98. The Hall–Kier alpha value is -2.14. The maximum Gasteiger partial charge on any atom is 0.330 e. The number of aliphatic carboxylic acids is 1. The molecule has 2 rings (SSSR count). The molecule has 0 saturated heterocycles. The first-order chi connectivity index (χ1) is 10.1. The summed E-state index contributed by atoms with van der Waals surface area (Å²) in [5.41, 5.74) is 0.571. The van der Waals surface area contributed by atoms with Crippen molar-refractivity contribution in [3.63, 3.8) is 0 Å². The van der Waals surface area contributed by atoms with E-state index in [1.807, 2.05) is 23.6 Å². The summed E-state index contributed by atoms with van der Waals surface area (Å²) in [4.78, 5) is 24.7. The third-order valence-corrected chi connectivity index (χ3v) is 4.10. The van der Waals surface area contributed by atoms with Gasteiger partial charge in [-0.15, -0.1) is 11.3 Å². The first-order valence-corrected chi connectivity index (χ1v) is 7.56. The maximum atomic E-state index is 12.2. The van der Waals surface area contributed by atoms with Gasteiger partial charge in [0, 0.05) is 10.8 Å². The Bertz CT molecular complexity index is 595. The number of benzene rings is 1. The molecule has 2 aromatic rings. The summed E-state index contributed by atoms with van der Waals surface area (Å²) >= 11 is 1.59. The molecule has 1 heterocycles. The van der Waals surface area contributed by atoms with Gasteiger partial charge in [0.15, 0.2) is 6.04 Å². The molecule has 1 aromatic carbocycles. The second-order valence-electron chi connectivity index (χ2n) is 4.88. The number of rotatable bonds is 6. The van der Waals surface area contributed by atoms with Gasteiger partial charge in [-0.05, 0) is 23.4 Å². The Labute approximate surface area is 127 Å². The van der Waals surface area contributed by atoms with Crippen molar-refractivity contribution in [1.82, 2.24) is 5.32 Å². The molecule has 0 aliphatic rings. The monoisotopic (exact) mass is 303 g/mol. The Morgan fingerprint density at radius 3 is 2.48 bits per heavy atom. The van der Waals surface area contributed by atoms with Crippen LogP contribution in [-0.4, -0.2) is 17.0 Å². The number of amides is 1. The molecule has 0 aliphatic heterocycles. The van der Waals surface area contributed by atoms with Crippen LogP contribution in [0, 0.1) is 5.92 Å². The van der Waals surface area contributed by atoms with Crippen LogP contribution in [0.15, 0.2) is 47.8 Å². The van der Waals surface area contributed by atoms with E-state index >= 15 is 0 Å². The van der Waals surface area contributed by atoms with Crippen molar-refractivity contribution in [2.24, 2.45) is 5.92 Å². The summed E-state index contributed by atoms with van der Waals surface area (Å²) < 4.78 is 0. The van der Waals surface area contributed by atoms with Crippen LogP contribution in [0.25, 0.3) is 0 Å². The second kappa shape index (κ2) is 7.04. The van der Waals surface area contributed by atoms with Crippen molar-refractivity contribution >= 4 is 23.2 Å². The molecule has 0 bridgehead atoms. The van der Waals surface area contributed by atoms with Gasteiger partial charge in [-0.1, -0.05) is 43.3 Å². The predicted molar refractivity (Wildman–Crippen MR) is 82.1 cm³/mol. The molecule has 1 aromatic heterocycles. The van der Waals surface area contributed by atoms with Crippen molar-refractivity contribution < 1.29 is 14.7 Å². The smallest absolute Gasteiger partial charge is 0.330 e. The van der Waals surface area contributed by atoms with Crippen molar-refractivity contribution in [3.8, 4) is 0 Å². The minimum Gasteiger partial charge on any atom is -0.479 e. The highest BCUT2D eigenvalue weighted by Crippen LogP contribution is 2.17. The Balaban J connectivity index is 2.03. The van der Waals surface area contributed by atoms with E-state index < -0.39 is 12.0 Å². The largest absolute Gasteiger partial charge is 0.479 e. The normalized spacial score (nSPS) is 13.4. The van der Waals surface area contributed by atoms with Gasteiger partial charge in [-0.3, -0.25) is 4.79 Å². The molecule has 0 saturated carbocycles. The van der Waals surface area contributed by atoms with Crippen LogP contribution in [0.2, 0.25) is 0 Å². The molecule has 0 fully saturated rings. The van der Waals surface area contributed by atoms with Crippen molar-refractivity contribution in [1.29, 1.82) is 0 Å². The number of nitrogens with one attached hydrogen (secondary N) is 1. The fraction of sp³-hybridized carbons (Fsp3) is 0.250. The number of carboxylic acid groups (broad SMARTS) is 1. The highest BCUT2D eigenvalue weighted by Gasteiger charge is 2.24. The van der Waals surface area contributed by atoms with E-state index in [4.69, 9.17) is 0 Å². The molecule has 0 unspecified atom stereocenters. The van der Waals surface area contributed by atoms with Crippen molar-refractivity contribution in [3.05, 3.63) is 58.3 Å². The van der Waals surface area contributed by atoms with Gasteiger partial charge in [0.25, 0.3) is 0 Å². The molecule has 110 valence electrons. The van der Waals surface area contributed by atoms with Gasteiger partial charge in [0.2, 0.25) is 5.91 Å². The van der Waals surface area contributed by atoms with Gasteiger partial charge >= 0.3 is 5.97 Å². The van der Waals surface area contributed by atoms with Crippen LogP contribution < -0.4 is 5.32 Å². The van der Waals surface area contributed by atoms with E-state index in [2.05, 4.69) is 5.32 Å². The van der Waals surface area contributed by atoms with E-state index in [-0.39, 0.29) is 11.8 Å². The van der Waals surface area contributed by atoms with E-state index in [9.17, 15) is 14.7 Å². The molecule has 4 nitrogen and oxygen atoms in total. The number of hydrogen-bond acceptors (Lipinski definition) is 3. The lowest BCUT2D eigenvalue weighted by atomic mass is 10.0. The highest BCUT2D eigenvalue weighted by molar-refractivity contribution is 7.09. The molecular weight excluding hydrogens is 286 g/mol. The Kier molecular flexibility index (Phi) is 5.11. The lowest BCUT2D eigenvalue weighted by Gasteiger charge is -2.18. The third kappa shape index (κ3) is 4.16. The Morgan fingerprint density at radius 2 is 1.90 bits per heavy atom. The molecule has 2 atom stereocenters. The van der Waals surface area contributed by atoms with E-state index in [1.54, 1.807) is 42.5 Å². The molecule has 5 heteroatoms. The number of carboxylic acids is 1. The zero-order valence-corrected chi connectivity index (χ0v) is 12.5. The molecular formula is C16H17NO3S. The summed E-state index contributed by atoms with van der Waals surface area (Å²) in [5.74, 6) is -1.58. The Morgan fingerprint density at radius 1 is 1.19 bits per heavy atom. The summed E-state index contributed by atoms with van der Waals surface area (Å²) in [5, 5.41) is 13.9. The number of hydrogen-bond donors (Lipinski definition) is 2. The maximum absolute atomic E-state index is 12.2. The van der Waals surface area contributed by atoms with Gasteiger partial charge in [-0.2, -0.15) is 0 Å². The van der Waals surface area contributed by atoms with Crippen LogP contribution in [0.5, 0.6) is 0 Å². The van der Waals surface area contributed by atoms with E-state index in [0.717, 1.165) is 4.88 Å². The predicted octanol–water partition coefficient (Wildman–Crippen LogP) is 2.87. The van der Waals surface area contributed by atoms with Gasteiger partial charge in [0.1, 0.15) is 0 Å². The van der Waals surface area contributed by atoms with E-state index in [1.165, 1.54) is 0 Å². The summed E-state index contributed by atoms with van der Waals surface area (Å²) in [7, 11) is 0. The topological polar surface area (TPSA) is 66.4 Å². The first kappa shape index (κ1) is 15.3. The molecule has 0 radical (unpaired) electrons. The molecule has 2 N–H and O–H groups in total. The molecule has 0 spiro atoms. The van der Waals surface area contributed by atoms with Crippen LogP contribution >= 0.6 is 11.3 Å². The standard InChI is InChI=1S/C16H17NO3S/c1-11(10-13-8-5-9-21-13)15(18)17-14(16(19)20)12-6-3-2-4-7-12/h2-9,11,14H,10H2,1H3,(H,17,18)(H,19,20)/t11-,14-/m0/s1. The van der Waals surface area contributed by atoms with Crippen LogP contribution in [-0.2, 0) is 16.0 Å². The minimum atomic E-state index is -1.06. The zero-order valence-electron chi connectivity index (χ0n) is 11.7. The van der Waals surface area contributed by atoms with Crippen LogP contribution in [0.3, 0.4) is 0 Å². The minimum absolute atomic E-state index is 0.250. The lowest BCUT2D eigenvalue weighted by molar-refractivity contribution is -0.142. The van der Waals surface area contributed by atoms with Gasteiger partial charge in [0.05, 0.1) is 0 Å². The number of carbonyl (C=O) groups is 2. The fourth-order valence-electron chi connectivity index (χ4n) is 2.04. The number of carbonyl (C=O) groups excluding carboxylic acids is 1. The fourth-order valence-corrected chi connectivity index (χ4v) is 2.88. The summed E-state index contributed by atoms with van der Waals surface area (Å²) in [6.45, 7) is 1.80. The van der Waals surface area contributed by atoms with Gasteiger partial charge < -0.3 is 10.4 Å². The third-order valence-electron chi connectivity index (χ3n) is 3.20. The highest BCUT2D eigenvalue weighted by atomic mass is 32.1. The van der Waals surface area contributed by atoms with Crippen LogP contribution in [0.4, 0.5) is 0 Å². The summed E-state index contributed by atoms with van der Waals surface area (Å²) in [6, 6.07) is 11.6. The molecule has 0 aliphatic carbocycles. The van der Waals surface area contributed by atoms with Crippen LogP contribution in [0.1, 0.15) is 23.4 Å². The second-order valence-corrected chi connectivity index (χ2v) is 5.91. The average molecular weight is 303 g/mol. The van der Waals surface area contributed by atoms with Crippen molar-refractivity contribution in [2.45, 2.75) is 19.4 Å².